The van der Waals surface area contributed by atoms with E-state index in [1.165, 1.54) is 5.56 Å². The van der Waals surface area contributed by atoms with E-state index in [1.54, 1.807) is 0 Å². The van der Waals surface area contributed by atoms with Gasteiger partial charge < -0.3 is 10.1 Å². The van der Waals surface area contributed by atoms with Crippen molar-refractivity contribution < 1.29 is 9.53 Å². The first-order valence-corrected chi connectivity index (χ1v) is 8.99. The maximum atomic E-state index is 11.9. The average molecular weight is 422 g/mol. The standard InChI is InChI=1S/C18H20BrN3O2S/c1-12(2)13-8-9-16(15(19)10-13)24-11-17(23)21-22-18(25)20-14-6-4-3-5-7-14/h3-10,12H,11H2,1-2H3,(H,21,23)(H2,20,22,25). The Kier molecular flexibility index (Phi) is 7.21. The van der Waals surface area contributed by atoms with Crippen LogP contribution in [0.2, 0.25) is 0 Å². The molecule has 0 spiro atoms. The van der Waals surface area contributed by atoms with E-state index in [0.717, 1.165) is 10.2 Å². The van der Waals surface area contributed by atoms with Gasteiger partial charge in [0.15, 0.2) is 11.7 Å². The molecule has 0 aliphatic heterocycles. The Bertz CT molecular complexity index is 738. The molecule has 3 N–H and O–H groups in total. The Morgan fingerprint density at radius 3 is 2.52 bits per heavy atom. The molecule has 2 aromatic rings. The molecule has 2 aromatic carbocycles. The Labute approximate surface area is 161 Å². The Balaban J connectivity index is 1.76. The molecule has 0 aliphatic rings. The van der Waals surface area contributed by atoms with E-state index < -0.39 is 0 Å². The first-order chi connectivity index (χ1) is 12.0. The van der Waals surface area contributed by atoms with Crippen LogP contribution in [0.1, 0.15) is 25.3 Å². The third-order valence-corrected chi connectivity index (χ3v) is 4.15. The lowest BCUT2D eigenvalue weighted by Crippen LogP contribution is -2.45. The number of rotatable bonds is 5. The van der Waals surface area contributed by atoms with Crippen molar-refractivity contribution in [1.82, 2.24) is 10.9 Å². The van der Waals surface area contributed by atoms with Gasteiger partial charge in [-0.1, -0.05) is 38.1 Å². The van der Waals surface area contributed by atoms with E-state index >= 15 is 0 Å². The largest absolute Gasteiger partial charge is 0.483 e. The number of nitrogens with one attached hydrogen (secondary N) is 3. The lowest BCUT2D eigenvalue weighted by atomic mass is 10.0. The molecule has 0 aliphatic carbocycles. The van der Waals surface area contributed by atoms with E-state index in [-0.39, 0.29) is 12.5 Å². The summed E-state index contributed by atoms with van der Waals surface area (Å²) in [6.07, 6.45) is 0. The molecule has 0 bridgehead atoms. The number of amides is 1. The summed E-state index contributed by atoms with van der Waals surface area (Å²) < 4.78 is 6.34. The SMILES string of the molecule is CC(C)c1ccc(OCC(=O)NNC(=S)Nc2ccccc2)c(Br)c1. The van der Waals surface area contributed by atoms with Gasteiger partial charge in [0, 0.05) is 5.69 Å². The quantitative estimate of drug-likeness (QED) is 0.503. The number of hydrogen-bond donors (Lipinski definition) is 3. The highest BCUT2D eigenvalue weighted by atomic mass is 79.9. The molecule has 0 fully saturated rings. The topological polar surface area (TPSA) is 62.4 Å². The second-order valence-corrected chi connectivity index (χ2v) is 6.89. The molecule has 0 radical (unpaired) electrons. The van der Waals surface area contributed by atoms with Gasteiger partial charge in [0.2, 0.25) is 0 Å². The van der Waals surface area contributed by atoms with Crippen molar-refractivity contribution in [3.05, 3.63) is 58.6 Å². The molecule has 0 saturated heterocycles. The Morgan fingerprint density at radius 1 is 1.16 bits per heavy atom. The van der Waals surface area contributed by atoms with Crippen LogP contribution in [0.25, 0.3) is 0 Å². The second kappa shape index (κ2) is 9.39. The number of benzene rings is 2. The van der Waals surface area contributed by atoms with Crippen LogP contribution in [-0.2, 0) is 4.79 Å². The first kappa shape index (κ1) is 19.2. The van der Waals surface area contributed by atoms with Gasteiger partial charge in [0.05, 0.1) is 4.47 Å². The summed E-state index contributed by atoms with van der Waals surface area (Å²) in [7, 11) is 0. The number of ether oxygens (including phenoxy) is 1. The molecular formula is C18H20BrN3O2S. The van der Waals surface area contributed by atoms with Gasteiger partial charge in [-0.15, -0.1) is 0 Å². The number of anilines is 1. The fourth-order valence-electron chi connectivity index (χ4n) is 1.98. The number of hydrogen-bond acceptors (Lipinski definition) is 3. The van der Waals surface area contributed by atoms with E-state index in [4.69, 9.17) is 17.0 Å². The maximum absolute atomic E-state index is 11.9. The second-order valence-electron chi connectivity index (χ2n) is 5.63. The van der Waals surface area contributed by atoms with Crippen molar-refractivity contribution in [2.75, 3.05) is 11.9 Å². The van der Waals surface area contributed by atoms with E-state index in [1.807, 2.05) is 48.5 Å². The predicted molar refractivity (Wildman–Crippen MR) is 108 cm³/mol. The fourth-order valence-corrected chi connectivity index (χ4v) is 2.66. The number of para-hydroxylation sites is 1. The summed E-state index contributed by atoms with van der Waals surface area (Å²) in [6, 6.07) is 15.3. The molecule has 0 atom stereocenters. The fraction of sp³-hybridized carbons (Fsp3) is 0.222. The lowest BCUT2D eigenvalue weighted by molar-refractivity contribution is -0.123. The molecule has 5 nitrogen and oxygen atoms in total. The van der Waals surface area contributed by atoms with Crippen LogP contribution in [0.5, 0.6) is 5.75 Å². The van der Waals surface area contributed by atoms with Crippen molar-refractivity contribution in [3.63, 3.8) is 0 Å². The molecular weight excluding hydrogens is 402 g/mol. The number of carbonyl (C=O) groups is 1. The molecule has 0 heterocycles. The molecule has 25 heavy (non-hydrogen) atoms. The molecule has 132 valence electrons. The van der Waals surface area contributed by atoms with Gasteiger partial charge in [0.25, 0.3) is 5.91 Å². The summed E-state index contributed by atoms with van der Waals surface area (Å²) in [6.45, 7) is 4.11. The zero-order valence-corrected chi connectivity index (χ0v) is 16.4. The molecule has 2 rings (SSSR count). The van der Waals surface area contributed by atoms with Crippen molar-refractivity contribution in [2.24, 2.45) is 0 Å². The van der Waals surface area contributed by atoms with E-state index in [0.29, 0.717) is 16.8 Å². The lowest BCUT2D eigenvalue weighted by Gasteiger charge is -2.13. The van der Waals surface area contributed by atoms with Crippen molar-refractivity contribution in [2.45, 2.75) is 19.8 Å². The van der Waals surface area contributed by atoms with Gasteiger partial charge in [0.1, 0.15) is 5.75 Å². The number of thiocarbonyl (C=S) groups is 1. The maximum Gasteiger partial charge on any atom is 0.276 e. The zero-order chi connectivity index (χ0) is 18.2. The molecule has 0 saturated carbocycles. The molecule has 0 aromatic heterocycles. The van der Waals surface area contributed by atoms with Crippen molar-refractivity contribution in [3.8, 4) is 5.75 Å². The van der Waals surface area contributed by atoms with Crippen LogP contribution in [0.15, 0.2) is 53.0 Å². The normalized spacial score (nSPS) is 10.2. The highest BCUT2D eigenvalue weighted by molar-refractivity contribution is 9.10. The van der Waals surface area contributed by atoms with Gasteiger partial charge in [-0.2, -0.15) is 0 Å². The van der Waals surface area contributed by atoms with Crippen LogP contribution < -0.4 is 20.9 Å². The molecule has 1 amide bonds. The summed E-state index contributed by atoms with van der Waals surface area (Å²) in [5, 5.41) is 3.25. The summed E-state index contributed by atoms with van der Waals surface area (Å²) in [5.41, 5.74) is 7.15. The smallest absolute Gasteiger partial charge is 0.276 e. The van der Waals surface area contributed by atoms with Crippen LogP contribution >= 0.6 is 28.1 Å². The molecule has 0 unspecified atom stereocenters. The first-order valence-electron chi connectivity index (χ1n) is 7.79. The van der Waals surface area contributed by atoms with Crippen LogP contribution in [-0.4, -0.2) is 17.6 Å². The number of hydrazine groups is 1. The summed E-state index contributed by atoms with van der Waals surface area (Å²) in [5.74, 6) is 0.706. The van der Waals surface area contributed by atoms with Crippen LogP contribution in [0.4, 0.5) is 5.69 Å². The van der Waals surface area contributed by atoms with Gasteiger partial charge in [-0.3, -0.25) is 15.6 Å². The Hall–Kier alpha value is -2.12. The van der Waals surface area contributed by atoms with Gasteiger partial charge in [-0.05, 0) is 63.9 Å². The Morgan fingerprint density at radius 2 is 1.88 bits per heavy atom. The minimum Gasteiger partial charge on any atom is -0.483 e. The highest BCUT2D eigenvalue weighted by Gasteiger charge is 2.08. The van der Waals surface area contributed by atoms with Gasteiger partial charge >= 0.3 is 0 Å². The van der Waals surface area contributed by atoms with E-state index in [9.17, 15) is 4.79 Å². The third-order valence-electron chi connectivity index (χ3n) is 3.33. The van der Waals surface area contributed by atoms with Crippen LogP contribution in [0.3, 0.4) is 0 Å². The van der Waals surface area contributed by atoms with Gasteiger partial charge in [-0.25, -0.2) is 0 Å². The monoisotopic (exact) mass is 421 g/mol. The van der Waals surface area contributed by atoms with Crippen LogP contribution in [0, 0.1) is 0 Å². The summed E-state index contributed by atoms with van der Waals surface area (Å²) in [4.78, 5) is 11.9. The zero-order valence-electron chi connectivity index (χ0n) is 14.0. The summed E-state index contributed by atoms with van der Waals surface area (Å²) >= 11 is 8.57. The van der Waals surface area contributed by atoms with Crippen molar-refractivity contribution in [1.29, 1.82) is 0 Å². The molecule has 7 heteroatoms. The minimum atomic E-state index is -0.336. The predicted octanol–water partition coefficient (Wildman–Crippen LogP) is 3.97. The van der Waals surface area contributed by atoms with Crippen molar-refractivity contribution >= 4 is 44.9 Å². The highest BCUT2D eigenvalue weighted by Crippen LogP contribution is 2.28. The third kappa shape index (κ3) is 6.36. The van der Waals surface area contributed by atoms with E-state index in [2.05, 4.69) is 45.9 Å². The number of halogens is 1. The average Bonchev–Trinajstić information content (AvgIpc) is 2.59. The minimum absolute atomic E-state index is 0.124. The number of carbonyl (C=O) groups excluding carboxylic acids is 1.